The van der Waals surface area contributed by atoms with Crippen molar-refractivity contribution in [3.05, 3.63) is 23.8 Å². The van der Waals surface area contributed by atoms with Gasteiger partial charge in [-0.15, -0.1) is 0 Å². The summed E-state index contributed by atoms with van der Waals surface area (Å²) in [7, 11) is 2.23. The van der Waals surface area contributed by atoms with Gasteiger partial charge in [0, 0.05) is 18.1 Å². The van der Waals surface area contributed by atoms with Gasteiger partial charge in [0.15, 0.2) is 11.5 Å². The summed E-state index contributed by atoms with van der Waals surface area (Å²) in [5, 5.41) is 3.24. The van der Waals surface area contributed by atoms with Crippen LogP contribution in [0.1, 0.15) is 18.4 Å². The largest absolute Gasteiger partial charge is 0.493 e. The summed E-state index contributed by atoms with van der Waals surface area (Å²) < 4.78 is 32.8. The van der Waals surface area contributed by atoms with Crippen molar-refractivity contribution in [2.24, 2.45) is 0 Å². The third kappa shape index (κ3) is 6.35. The van der Waals surface area contributed by atoms with Crippen LogP contribution in [0.4, 0.5) is 0 Å². The van der Waals surface area contributed by atoms with Crippen LogP contribution in [0.5, 0.6) is 11.5 Å². The molecule has 0 spiro atoms. The maximum Gasteiger partial charge on any atom is 0.160 e. The molecule has 1 unspecified atom stereocenters. The Morgan fingerprint density at radius 3 is 2.38 bits per heavy atom. The Labute approximate surface area is 127 Å². The number of benzene rings is 1. The standard InChI is InChI=1S/C15H25NO4S/c1-16-13(6-5-9-21(4,17)18)10-12-7-8-14(19-2)15(11-12)20-3/h7-8,11,13,16H,5-6,9-10H2,1-4H3. The van der Waals surface area contributed by atoms with Crippen LogP contribution in [0.2, 0.25) is 0 Å². The monoisotopic (exact) mass is 315 g/mol. The molecule has 0 heterocycles. The van der Waals surface area contributed by atoms with E-state index in [9.17, 15) is 8.42 Å². The molecule has 0 saturated carbocycles. The van der Waals surface area contributed by atoms with Crippen molar-refractivity contribution in [3.63, 3.8) is 0 Å². The van der Waals surface area contributed by atoms with E-state index < -0.39 is 9.84 Å². The Morgan fingerprint density at radius 1 is 1.19 bits per heavy atom. The van der Waals surface area contributed by atoms with Crippen LogP contribution >= 0.6 is 0 Å². The first-order valence-corrected chi connectivity index (χ1v) is 9.01. The van der Waals surface area contributed by atoms with Crippen LogP contribution in [0.25, 0.3) is 0 Å². The predicted octanol–water partition coefficient (Wildman–Crippen LogP) is 1.66. The first-order valence-electron chi connectivity index (χ1n) is 6.95. The lowest BCUT2D eigenvalue weighted by Gasteiger charge is -2.17. The van der Waals surface area contributed by atoms with Crippen molar-refractivity contribution < 1.29 is 17.9 Å². The first-order chi connectivity index (χ1) is 9.89. The van der Waals surface area contributed by atoms with Gasteiger partial charge in [-0.2, -0.15) is 0 Å². The van der Waals surface area contributed by atoms with Gasteiger partial charge in [-0.05, 0) is 44.0 Å². The second kappa shape index (κ2) is 8.24. The summed E-state index contributed by atoms with van der Waals surface area (Å²) in [6.07, 6.45) is 3.58. The molecule has 1 aromatic carbocycles. The zero-order valence-electron chi connectivity index (χ0n) is 13.2. The topological polar surface area (TPSA) is 64.6 Å². The SMILES string of the molecule is CNC(CCCS(C)(=O)=O)Cc1ccc(OC)c(OC)c1. The van der Waals surface area contributed by atoms with Gasteiger partial charge >= 0.3 is 0 Å². The number of sulfone groups is 1. The van der Waals surface area contributed by atoms with Gasteiger partial charge in [-0.1, -0.05) is 6.07 Å². The minimum atomic E-state index is -2.88. The molecule has 0 fully saturated rings. The Kier molecular flexibility index (Phi) is 6.98. The number of nitrogens with one attached hydrogen (secondary N) is 1. The van der Waals surface area contributed by atoms with Gasteiger partial charge in [0.25, 0.3) is 0 Å². The van der Waals surface area contributed by atoms with Gasteiger partial charge < -0.3 is 14.8 Å². The fourth-order valence-electron chi connectivity index (χ4n) is 2.23. The van der Waals surface area contributed by atoms with E-state index in [-0.39, 0.29) is 11.8 Å². The van der Waals surface area contributed by atoms with E-state index >= 15 is 0 Å². The fourth-order valence-corrected chi connectivity index (χ4v) is 2.92. The minimum absolute atomic E-state index is 0.233. The highest BCUT2D eigenvalue weighted by Gasteiger charge is 2.11. The van der Waals surface area contributed by atoms with Crippen molar-refractivity contribution >= 4 is 9.84 Å². The van der Waals surface area contributed by atoms with E-state index in [0.29, 0.717) is 17.9 Å². The van der Waals surface area contributed by atoms with Crippen molar-refractivity contribution in [3.8, 4) is 11.5 Å². The van der Waals surface area contributed by atoms with E-state index in [1.54, 1.807) is 14.2 Å². The normalized spacial score (nSPS) is 13.0. The molecule has 0 aliphatic heterocycles. The van der Waals surface area contributed by atoms with Gasteiger partial charge in [0.05, 0.1) is 14.2 Å². The quantitative estimate of drug-likeness (QED) is 0.751. The van der Waals surface area contributed by atoms with Gasteiger partial charge in [-0.25, -0.2) is 8.42 Å². The highest BCUT2D eigenvalue weighted by atomic mass is 32.2. The van der Waals surface area contributed by atoms with Crippen LogP contribution in [0.3, 0.4) is 0 Å². The fraction of sp³-hybridized carbons (Fsp3) is 0.600. The Bertz CT molecular complexity index is 543. The van der Waals surface area contributed by atoms with Gasteiger partial charge in [-0.3, -0.25) is 0 Å². The molecule has 1 rings (SSSR count). The Balaban J connectivity index is 2.64. The number of hydrogen-bond acceptors (Lipinski definition) is 5. The van der Waals surface area contributed by atoms with Crippen LogP contribution < -0.4 is 14.8 Å². The van der Waals surface area contributed by atoms with Crippen LogP contribution in [0.15, 0.2) is 18.2 Å². The smallest absolute Gasteiger partial charge is 0.160 e. The molecule has 0 amide bonds. The Hall–Kier alpha value is -1.27. The van der Waals surface area contributed by atoms with E-state index in [4.69, 9.17) is 9.47 Å². The van der Waals surface area contributed by atoms with E-state index in [0.717, 1.165) is 18.4 Å². The molecule has 6 heteroatoms. The first kappa shape index (κ1) is 17.8. The van der Waals surface area contributed by atoms with E-state index in [2.05, 4.69) is 5.32 Å². The molecule has 21 heavy (non-hydrogen) atoms. The number of methoxy groups -OCH3 is 2. The summed E-state index contributed by atoms with van der Waals surface area (Å²) in [5.74, 6) is 1.65. The molecule has 0 aliphatic rings. The maximum atomic E-state index is 11.2. The predicted molar refractivity (Wildman–Crippen MR) is 85.0 cm³/mol. The molecule has 0 radical (unpaired) electrons. The summed E-state index contributed by atoms with van der Waals surface area (Å²) in [5.41, 5.74) is 1.13. The summed E-state index contributed by atoms with van der Waals surface area (Å²) in [6, 6.07) is 6.09. The zero-order valence-corrected chi connectivity index (χ0v) is 14.0. The molecule has 0 saturated heterocycles. The third-order valence-electron chi connectivity index (χ3n) is 3.41. The highest BCUT2D eigenvalue weighted by Crippen LogP contribution is 2.28. The van der Waals surface area contributed by atoms with Crippen LogP contribution in [-0.2, 0) is 16.3 Å². The number of ether oxygens (including phenoxy) is 2. The van der Waals surface area contributed by atoms with E-state index in [1.165, 1.54) is 6.26 Å². The lowest BCUT2D eigenvalue weighted by atomic mass is 10.0. The van der Waals surface area contributed by atoms with Crippen LogP contribution in [0, 0.1) is 0 Å². The van der Waals surface area contributed by atoms with Gasteiger partial charge in [0.2, 0.25) is 0 Å². The summed E-state index contributed by atoms with van der Waals surface area (Å²) >= 11 is 0. The second-order valence-electron chi connectivity index (χ2n) is 5.15. The molecule has 1 aromatic rings. The Morgan fingerprint density at radius 2 is 1.86 bits per heavy atom. The molecular weight excluding hydrogens is 290 g/mol. The minimum Gasteiger partial charge on any atom is -0.493 e. The lowest BCUT2D eigenvalue weighted by Crippen LogP contribution is -2.28. The number of rotatable bonds is 9. The molecule has 1 N–H and O–H groups in total. The molecule has 0 aliphatic carbocycles. The number of likely N-dealkylation sites (N-methyl/N-ethyl adjacent to an activating group) is 1. The lowest BCUT2D eigenvalue weighted by molar-refractivity contribution is 0.354. The molecule has 120 valence electrons. The van der Waals surface area contributed by atoms with Crippen molar-refractivity contribution in [1.82, 2.24) is 5.32 Å². The highest BCUT2D eigenvalue weighted by molar-refractivity contribution is 7.90. The summed E-state index contributed by atoms with van der Waals surface area (Å²) in [6.45, 7) is 0. The second-order valence-corrected chi connectivity index (χ2v) is 7.41. The van der Waals surface area contributed by atoms with Crippen molar-refractivity contribution in [2.45, 2.75) is 25.3 Å². The molecular formula is C15H25NO4S. The van der Waals surface area contributed by atoms with Crippen molar-refractivity contribution in [2.75, 3.05) is 33.3 Å². The van der Waals surface area contributed by atoms with Gasteiger partial charge in [0.1, 0.15) is 9.84 Å². The van der Waals surface area contributed by atoms with Crippen LogP contribution in [-0.4, -0.2) is 47.7 Å². The zero-order chi connectivity index (χ0) is 15.9. The summed E-state index contributed by atoms with van der Waals surface area (Å²) in [4.78, 5) is 0. The molecule has 5 nitrogen and oxygen atoms in total. The van der Waals surface area contributed by atoms with E-state index in [1.807, 2.05) is 25.2 Å². The molecule has 1 atom stereocenters. The average Bonchev–Trinajstić information content (AvgIpc) is 2.44. The molecule has 0 aromatic heterocycles. The average molecular weight is 315 g/mol. The molecule has 0 bridgehead atoms. The number of hydrogen-bond donors (Lipinski definition) is 1. The van der Waals surface area contributed by atoms with Crippen molar-refractivity contribution in [1.29, 1.82) is 0 Å². The third-order valence-corrected chi connectivity index (χ3v) is 4.44. The maximum absolute atomic E-state index is 11.2.